The van der Waals surface area contributed by atoms with Crippen LogP contribution in [0.1, 0.15) is 34.8 Å². The van der Waals surface area contributed by atoms with Crippen LogP contribution in [-0.2, 0) is 12.8 Å². The number of nitrogens with zero attached hydrogens (tertiary/aromatic N) is 1. The lowest BCUT2D eigenvalue weighted by Crippen LogP contribution is -2.42. The topological polar surface area (TPSA) is 50.9 Å². The van der Waals surface area contributed by atoms with Crippen molar-refractivity contribution in [2.45, 2.75) is 37.6 Å². The van der Waals surface area contributed by atoms with Crippen LogP contribution < -0.4 is 11.3 Å². The van der Waals surface area contributed by atoms with E-state index in [-0.39, 0.29) is 0 Å². The summed E-state index contributed by atoms with van der Waals surface area (Å²) in [6.07, 6.45) is 8.38. The molecule has 100 valence electrons. The van der Waals surface area contributed by atoms with Gasteiger partial charge in [0.2, 0.25) is 0 Å². The Hall–Kier alpha value is -1.23. The zero-order valence-corrected chi connectivity index (χ0v) is 11.7. The normalized spacial score (nSPS) is 19.9. The average Bonchev–Trinajstić information content (AvgIpc) is 2.94. The quantitative estimate of drug-likeness (QED) is 0.665. The van der Waals surface area contributed by atoms with E-state index in [2.05, 4.69) is 34.0 Å². The SMILES string of the molecule is NNC(Cc1ccncc1)C1CCCc2sccc21. The van der Waals surface area contributed by atoms with Crippen molar-refractivity contribution >= 4 is 11.3 Å². The summed E-state index contributed by atoms with van der Waals surface area (Å²) in [7, 11) is 0. The molecule has 0 saturated carbocycles. The van der Waals surface area contributed by atoms with Gasteiger partial charge in [-0.3, -0.25) is 16.3 Å². The third-order valence-electron chi connectivity index (χ3n) is 4.00. The van der Waals surface area contributed by atoms with Crippen LogP contribution >= 0.6 is 11.3 Å². The van der Waals surface area contributed by atoms with Gasteiger partial charge < -0.3 is 0 Å². The molecule has 4 heteroatoms. The van der Waals surface area contributed by atoms with Gasteiger partial charge in [-0.05, 0) is 60.4 Å². The lowest BCUT2D eigenvalue weighted by Gasteiger charge is -2.30. The van der Waals surface area contributed by atoms with E-state index >= 15 is 0 Å². The van der Waals surface area contributed by atoms with Gasteiger partial charge in [0, 0.05) is 29.2 Å². The highest BCUT2D eigenvalue weighted by atomic mass is 32.1. The summed E-state index contributed by atoms with van der Waals surface area (Å²) in [5.74, 6) is 6.35. The highest BCUT2D eigenvalue weighted by Crippen LogP contribution is 2.37. The Balaban J connectivity index is 1.80. The fraction of sp³-hybridized carbons (Fsp3) is 0.400. The minimum atomic E-state index is 0.302. The molecule has 1 aliphatic rings. The van der Waals surface area contributed by atoms with E-state index in [0.29, 0.717) is 12.0 Å². The van der Waals surface area contributed by atoms with Crippen LogP contribution in [-0.4, -0.2) is 11.0 Å². The number of fused-ring (bicyclic) bond motifs is 1. The molecule has 2 aromatic heterocycles. The molecule has 0 amide bonds. The monoisotopic (exact) mass is 273 g/mol. The first kappa shape index (κ1) is 12.8. The molecule has 0 spiro atoms. The standard InChI is InChI=1S/C15H19N3S/c16-18-14(10-11-4-7-17-8-5-11)12-2-1-3-15-13(12)6-9-19-15/h4-9,12,14,18H,1-3,10,16H2. The maximum absolute atomic E-state index is 5.82. The summed E-state index contributed by atoms with van der Waals surface area (Å²) in [5.41, 5.74) is 5.83. The van der Waals surface area contributed by atoms with Crippen LogP contribution in [0, 0.1) is 0 Å². The number of rotatable bonds is 4. The van der Waals surface area contributed by atoms with Crippen molar-refractivity contribution in [3.05, 3.63) is 52.0 Å². The molecule has 0 bridgehead atoms. The number of thiophene rings is 1. The number of nitrogens with two attached hydrogens (primary N) is 1. The van der Waals surface area contributed by atoms with Crippen LogP contribution in [0.3, 0.4) is 0 Å². The van der Waals surface area contributed by atoms with Gasteiger partial charge in [-0.1, -0.05) is 0 Å². The van der Waals surface area contributed by atoms with Crippen LogP contribution in [0.2, 0.25) is 0 Å². The smallest absolute Gasteiger partial charge is 0.0319 e. The second kappa shape index (κ2) is 5.82. The lowest BCUT2D eigenvalue weighted by atomic mass is 9.80. The molecule has 2 atom stereocenters. The van der Waals surface area contributed by atoms with Crippen LogP contribution in [0.25, 0.3) is 0 Å². The highest BCUT2D eigenvalue weighted by molar-refractivity contribution is 7.10. The molecule has 1 aliphatic carbocycles. The fourth-order valence-electron chi connectivity index (χ4n) is 3.03. The molecule has 3 nitrogen and oxygen atoms in total. The van der Waals surface area contributed by atoms with Crippen LogP contribution in [0.15, 0.2) is 36.0 Å². The molecule has 0 saturated heterocycles. The average molecular weight is 273 g/mol. The Kier molecular flexibility index (Phi) is 3.92. The van der Waals surface area contributed by atoms with Crippen molar-refractivity contribution in [2.24, 2.45) is 5.84 Å². The lowest BCUT2D eigenvalue weighted by molar-refractivity contribution is 0.397. The second-order valence-electron chi connectivity index (χ2n) is 5.13. The van der Waals surface area contributed by atoms with Gasteiger partial charge in [0.25, 0.3) is 0 Å². The van der Waals surface area contributed by atoms with E-state index in [4.69, 9.17) is 5.84 Å². The molecule has 0 radical (unpaired) electrons. The van der Waals surface area contributed by atoms with Gasteiger partial charge in [-0.2, -0.15) is 0 Å². The van der Waals surface area contributed by atoms with Gasteiger partial charge in [-0.25, -0.2) is 0 Å². The van der Waals surface area contributed by atoms with Crippen LogP contribution in [0.5, 0.6) is 0 Å². The van der Waals surface area contributed by atoms with E-state index in [1.54, 1.807) is 4.88 Å². The molecule has 19 heavy (non-hydrogen) atoms. The van der Waals surface area contributed by atoms with Gasteiger partial charge in [0.15, 0.2) is 0 Å². The number of nitrogens with one attached hydrogen (secondary N) is 1. The third kappa shape index (κ3) is 2.71. The molecule has 0 aromatic carbocycles. The van der Waals surface area contributed by atoms with E-state index in [9.17, 15) is 0 Å². The number of aromatic nitrogens is 1. The first-order chi connectivity index (χ1) is 9.38. The fourth-order valence-corrected chi connectivity index (χ4v) is 4.03. The first-order valence-corrected chi connectivity index (χ1v) is 7.67. The third-order valence-corrected chi connectivity index (χ3v) is 5.00. The van der Waals surface area contributed by atoms with Gasteiger partial charge >= 0.3 is 0 Å². The van der Waals surface area contributed by atoms with Crippen molar-refractivity contribution in [3.8, 4) is 0 Å². The zero-order chi connectivity index (χ0) is 13.1. The number of hydrogen-bond acceptors (Lipinski definition) is 4. The van der Waals surface area contributed by atoms with E-state index in [0.717, 1.165) is 6.42 Å². The minimum Gasteiger partial charge on any atom is -0.271 e. The summed E-state index contributed by atoms with van der Waals surface area (Å²) in [6.45, 7) is 0. The van der Waals surface area contributed by atoms with Gasteiger partial charge in [0.05, 0.1) is 0 Å². The Morgan fingerprint density at radius 2 is 2.21 bits per heavy atom. The Labute approximate surface area is 117 Å². The number of hydrogen-bond donors (Lipinski definition) is 2. The molecule has 2 unspecified atom stereocenters. The second-order valence-corrected chi connectivity index (χ2v) is 6.13. The molecule has 0 fully saturated rings. The molecular weight excluding hydrogens is 254 g/mol. The van der Waals surface area contributed by atoms with Crippen molar-refractivity contribution in [2.75, 3.05) is 0 Å². The summed E-state index contributed by atoms with van der Waals surface area (Å²) in [4.78, 5) is 5.62. The molecule has 3 rings (SSSR count). The van der Waals surface area contributed by atoms with Gasteiger partial charge in [0.1, 0.15) is 0 Å². The number of aryl methyl sites for hydroxylation is 1. The largest absolute Gasteiger partial charge is 0.271 e. The molecule has 0 aliphatic heterocycles. The van der Waals surface area contributed by atoms with Crippen molar-refractivity contribution in [3.63, 3.8) is 0 Å². The molecular formula is C15H19N3S. The van der Waals surface area contributed by atoms with E-state index in [1.807, 2.05) is 23.7 Å². The van der Waals surface area contributed by atoms with Crippen molar-refractivity contribution < 1.29 is 0 Å². The highest BCUT2D eigenvalue weighted by Gasteiger charge is 2.28. The van der Waals surface area contributed by atoms with Crippen LogP contribution in [0.4, 0.5) is 0 Å². The molecule has 3 N–H and O–H groups in total. The van der Waals surface area contributed by atoms with Gasteiger partial charge in [-0.15, -0.1) is 11.3 Å². The maximum Gasteiger partial charge on any atom is 0.0319 e. The predicted molar refractivity (Wildman–Crippen MR) is 79.1 cm³/mol. The molecule has 2 heterocycles. The summed E-state index contributed by atoms with van der Waals surface area (Å²) in [6, 6.07) is 6.72. The minimum absolute atomic E-state index is 0.302. The van der Waals surface area contributed by atoms with Crippen molar-refractivity contribution in [1.82, 2.24) is 10.4 Å². The zero-order valence-electron chi connectivity index (χ0n) is 10.9. The van der Waals surface area contributed by atoms with Crippen molar-refractivity contribution in [1.29, 1.82) is 0 Å². The number of pyridine rings is 1. The first-order valence-electron chi connectivity index (χ1n) is 6.80. The summed E-state index contributed by atoms with van der Waals surface area (Å²) in [5, 5.41) is 2.21. The predicted octanol–water partition coefficient (Wildman–Crippen LogP) is 2.64. The molecule has 2 aromatic rings. The van der Waals surface area contributed by atoms with E-state index < -0.39 is 0 Å². The number of hydrazine groups is 1. The Morgan fingerprint density at radius 3 is 3.00 bits per heavy atom. The summed E-state index contributed by atoms with van der Waals surface area (Å²) >= 11 is 1.88. The maximum atomic E-state index is 5.82. The Bertz CT molecular complexity index is 523. The Morgan fingerprint density at radius 1 is 1.37 bits per heavy atom. The van der Waals surface area contributed by atoms with E-state index in [1.165, 1.54) is 30.4 Å². The summed E-state index contributed by atoms with van der Waals surface area (Å²) < 4.78 is 0.